The highest BCUT2D eigenvalue weighted by atomic mass is 79.9. The number of aryl methyl sites for hydroxylation is 1. The molecule has 0 aliphatic carbocycles. The largest absolute Gasteiger partial charge is 0.462 e. The first kappa shape index (κ1) is 23.7. The molecule has 14 heteroatoms. The topological polar surface area (TPSA) is 129 Å². The van der Waals surface area contributed by atoms with E-state index < -0.39 is 35.3 Å². The van der Waals surface area contributed by atoms with Crippen LogP contribution in [0.5, 0.6) is 0 Å². The highest BCUT2D eigenvalue weighted by molar-refractivity contribution is 9.10. The zero-order valence-electron chi connectivity index (χ0n) is 16.8. The smallest absolute Gasteiger partial charge is 0.433 e. The molecule has 3 aromatic rings. The molecule has 32 heavy (non-hydrogen) atoms. The van der Waals surface area contributed by atoms with Crippen LogP contribution in [0.3, 0.4) is 0 Å². The maximum absolute atomic E-state index is 13.4. The van der Waals surface area contributed by atoms with E-state index in [9.17, 15) is 27.6 Å². The Balaban J connectivity index is 2.10. The number of primary amides is 1. The molecule has 3 N–H and O–H groups in total. The number of nitrogens with two attached hydrogens (primary N) is 1. The number of nitrogens with zero attached hydrogens (tertiary/aromatic N) is 3. The molecule has 3 rings (SSSR count). The summed E-state index contributed by atoms with van der Waals surface area (Å²) in [5.74, 6) is -2.55. The lowest BCUT2D eigenvalue weighted by atomic mass is 10.1. The van der Waals surface area contributed by atoms with Gasteiger partial charge in [0.15, 0.2) is 11.3 Å². The third kappa shape index (κ3) is 4.19. The van der Waals surface area contributed by atoms with Crippen molar-refractivity contribution in [3.8, 4) is 0 Å². The number of amides is 2. The number of carbonyl (C=O) groups is 3. The number of esters is 1. The quantitative estimate of drug-likeness (QED) is 0.481. The van der Waals surface area contributed by atoms with Crippen LogP contribution in [-0.2, 0) is 10.9 Å². The van der Waals surface area contributed by atoms with Gasteiger partial charge in [0.05, 0.1) is 21.5 Å². The standard InChI is InChI=1S/C18H15BrF3N5O4S/c1-4-31-17(30)9-7(3)12(13(23)28)32-16(9)25-15(29)11-10(19)14-24-6(2)5-8(18(20,21)22)27(14)26-11/h5H,4H2,1-3H3,(H2,23,28)(H,25,29). The van der Waals surface area contributed by atoms with Crippen molar-refractivity contribution in [2.75, 3.05) is 11.9 Å². The van der Waals surface area contributed by atoms with Gasteiger partial charge < -0.3 is 15.8 Å². The third-order valence-corrected chi connectivity index (χ3v) is 6.20. The predicted octanol–water partition coefficient (Wildman–Crippen LogP) is 3.72. The summed E-state index contributed by atoms with van der Waals surface area (Å²) in [6.07, 6.45) is -4.75. The number of aromatic nitrogens is 3. The van der Waals surface area contributed by atoms with Gasteiger partial charge in [-0.2, -0.15) is 18.3 Å². The van der Waals surface area contributed by atoms with E-state index in [1.165, 1.54) is 13.8 Å². The fourth-order valence-electron chi connectivity index (χ4n) is 2.91. The van der Waals surface area contributed by atoms with Crippen LogP contribution in [0.2, 0.25) is 0 Å². The van der Waals surface area contributed by atoms with Crippen molar-refractivity contribution in [1.29, 1.82) is 0 Å². The number of ether oxygens (including phenoxy) is 1. The predicted molar refractivity (Wildman–Crippen MR) is 112 cm³/mol. The minimum absolute atomic E-state index is 0.0223. The van der Waals surface area contributed by atoms with Crippen LogP contribution in [0.4, 0.5) is 18.2 Å². The lowest BCUT2D eigenvalue weighted by molar-refractivity contribution is -0.142. The summed E-state index contributed by atoms with van der Waals surface area (Å²) in [5, 5.41) is 6.12. The van der Waals surface area contributed by atoms with Crippen LogP contribution in [0.25, 0.3) is 5.65 Å². The Hall–Kier alpha value is -3.00. The van der Waals surface area contributed by atoms with Crippen molar-refractivity contribution in [1.82, 2.24) is 14.6 Å². The molecule has 9 nitrogen and oxygen atoms in total. The highest BCUT2D eigenvalue weighted by Gasteiger charge is 2.36. The van der Waals surface area contributed by atoms with Crippen molar-refractivity contribution < 1.29 is 32.3 Å². The van der Waals surface area contributed by atoms with Crippen LogP contribution < -0.4 is 11.1 Å². The van der Waals surface area contributed by atoms with E-state index in [0.29, 0.717) is 4.52 Å². The van der Waals surface area contributed by atoms with E-state index in [4.69, 9.17) is 10.5 Å². The minimum Gasteiger partial charge on any atom is -0.462 e. The number of hydrogen-bond acceptors (Lipinski definition) is 7. The zero-order valence-corrected chi connectivity index (χ0v) is 19.2. The van der Waals surface area contributed by atoms with Crippen LogP contribution in [0, 0.1) is 13.8 Å². The SMILES string of the molecule is CCOC(=O)c1c(NC(=O)c2nn3c(C(F)(F)F)cc(C)nc3c2Br)sc(C(N)=O)c1C. The molecule has 0 bridgehead atoms. The summed E-state index contributed by atoms with van der Waals surface area (Å²) >= 11 is 3.82. The van der Waals surface area contributed by atoms with Crippen LogP contribution in [-0.4, -0.2) is 39.0 Å². The number of halogens is 4. The molecule has 3 aromatic heterocycles. The molecule has 0 aromatic carbocycles. The molecular formula is C18H15BrF3N5O4S. The summed E-state index contributed by atoms with van der Waals surface area (Å²) in [5.41, 5.74) is 3.79. The average molecular weight is 534 g/mol. The molecule has 0 unspecified atom stereocenters. The molecule has 0 radical (unpaired) electrons. The Kier molecular flexibility index (Phi) is 6.29. The molecule has 0 saturated heterocycles. The first-order chi connectivity index (χ1) is 14.9. The van der Waals surface area contributed by atoms with Gasteiger partial charge >= 0.3 is 12.1 Å². The molecule has 3 heterocycles. The van der Waals surface area contributed by atoms with Gasteiger partial charge in [-0.3, -0.25) is 9.59 Å². The van der Waals surface area contributed by atoms with Crippen molar-refractivity contribution in [2.45, 2.75) is 26.9 Å². The van der Waals surface area contributed by atoms with Crippen molar-refractivity contribution in [3.63, 3.8) is 0 Å². The van der Waals surface area contributed by atoms with Gasteiger partial charge in [-0.15, -0.1) is 11.3 Å². The van der Waals surface area contributed by atoms with Crippen LogP contribution in [0.15, 0.2) is 10.5 Å². The van der Waals surface area contributed by atoms with Crippen molar-refractivity contribution >= 4 is 55.7 Å². The van der Waals surface area contributed by atoms with Crippen molar-refractivity contribution in [2.24, 2.45) is 5.73 Å². The second kappa shape index (κ2) is 8.50. The number of carbonyl (C=O) groups excluding carboxylic acids is 3. The maximum Gasteiger partial charge on any atom is 0.433 e. The second-order valence-corrected chi connectivity index (χ2v) is 8.29. The number of nitrogens with one attached hydrogen (secondary N) is 1. The average Bonchev–Trinajstić information content (AvgIpc) is 3.18. The fourth-order valence-corrected chi connectivity index (χ4v) is 4.47. The summed E-state index contributed by atoms with van der Waals surface area (Å²) in [4.78, 5) is 41.0. The molecule has 0 aliphatic rings. The van der Waals surface area contributed by atoms with E-state index in [1.807, 2.05) is 0 Å². The molecule has 2 amide bonds. The third-order valence-electron chi connectivity index (χ3n) is 4.24. The highest BCUT2D eigenvalue weighted by Crippen LogP contribution is 2.35. The van der Waals surface area contributed by atoms with E-state index in [2.05, 4.69) is 31.3 Å². The Bertz CT molecular complexity index is 1270. The maximum atomic E-state index is 13.4. The molecule has 170 valence electrons. The first-order valence-corrected chi connectivity index (χ1v) is 10.5. The van der Waals surface area contributed by atoms with E-state index in [1.54, 1.807) is 6.92 Å². The van der Waals surface area contributed by atoms with Crippen LogP contribution in [0.1, 0.15) is 54.4 Å². The molecule has 0 saturated carbocycles. The van der Waals surface area contributed by atoms with E-state index >= 15 is 0 Å². The number of rotatable bonds is 5. The van der Waals surface area contributed by atoms with Gasteiger partial charge in [0.2, 0.25) is 0 Å². The molecule has 0 aliphatic heterocycles. The summed E-state index contributed by atoms with van der Waals surface area (Å²) in [7, 11) is 0. The number of anilines is 1. The lowest BCUT2D eigenvalue weighted by Crippen LogP contribution is -2.17. The second-order valence-electron chi connectivity index (χ2n) is 6.48. The van der Waals surface area contributed by atoms with Gasteiger partial charge in [0.25, 0.3) is 11.8 Å². The fraction of sp³-hybridized carbons (Fsp3) is 0.278. The van der Waals surface area contributed by atoms with E-state index in [0.717, 1.165) is 17.4 Å². The molecule has 0 fully saturated rings. The Morgan fingerprint density at radius 2 is 1.97 bits per heavy atom. The number of thiophene rings is 1. The Morgan fingerprint density at radius 1 is 1.31 bits per heavy atom. The molecular weight excluding hydrogens is 519 g/mol. The van der Waals surface area contributed by atoms with Gasteiger partial charge in [0.1, 0.15) is 10.7 Å². The molecule has 0 atom stereocenters. The Labute approximate surface area is 190 Å². The normalized spacial score (nSPS) is 11.6. The number of hydrogen-bond donors (Lipinski definition) is 2. The van der Waals surface area contributed by atoms with E-state index in [-0.39, 0.29) is 43.4 Å². The van der Waals surface area contributed by atoms with Crippen LogP contribution >= 0.6 is 27.3 Å². The molecule has 0 spiro atoms. The summed E-state index contributed by atoms with van der Waals surface area (Å²) in [6, 6.07) is 0.800. The van der Waals surface area contributed by atoms with Gasteiger partial charge in [-0.25, -0.2) is 14.3 Å². The number of alkyl halides is 3. The van der Waals surface area contributed by atoms with Gasteiger partial charge in [-0.05, 0) is 48.3 Å². The monoisotopic (exact) mass is 533 g/mol. The summed E-state index contributed by atoms with van der Waals surface area (Å²) in [6.45, 7) is 4.45. The Morgan fingerprint density at radius 3 is 2.53 bits per heavy atom. The van der Waals surface area contributed by atoms with Gasteiger partial charge in [0, 0.05) is 5.69 Å². The lowest BCUT2D eigenvalue weighted by Gasteiger charge is -2.09. The zero-order chi connectivity index (χ0) is 24.0. The number of fused-ring (bicyclic) bond motifs is 1. The first-order valence-electron chi connectivity index (χ1n) is 8.91. The van der Waals surface area contributed by atoms with Crippen molar-refractivity contribution in [3.05, 3.63) is 43.6 Å². The van der Waals surface area contributed by atoms with Gasteiger partial charge in [-0.1, -0.05) is 0 Å². The summed E-state index contributed by atoms with van der Waals surface area (Å²) < 4.78 is 45.7. The minimum atomic E-state index is -4.75.